The van der Waals surface area contributed by atoms with Crippen LogP contribution in [-0.2, 0) is 10.8 Å². The first-order valence-electron chi connectivity index (χ1n) is 12.2. The van der Waals surface area contributed by atoms with Gasteiger partial charge in [0.15, 0.2) is 0 Å². The predicted octanol–water partition coefficient (Wildman–Crippen LogP) is 7.70. The van der Waals surface area contributed by atoms with E-state index in [9.17, 15) is 0 Å². The molecular weight excluding hydrogens is 477 g/mol. The van der Waals surface area contributed by atoms with Crippen LogP contribution in [0.5, 0.6) is 0 Å². The fraction of sp³-hybridized carbons (Fsp3) is 0.333. The molecule has 3 aromatic carbocycles. The molecule has 6 rings (SSSR count). The Kier molecular flexibility index (Phi) is 4.46. The molecule has 34 heavy (non-hydrogen) atoms. The third-order valence-corrected chi connectivity index (χ3v) is 11.9. The molecule has 0 saturated heterocycles. The van der Waals surface area contributed by atoms with E-state index in [1.54, 1.807) is 6.33 Å². The van der Waals surface area contributed by atoms with Crippen LogP contribution in [0.1, 0.15) is 45.2 Å². The van der Waals surface area contributed by atoms with Gasteiger partial charge >= 0.3 is 204 Å². The summed E-state index contributed by atoms with van der Waals surface area (Å²) >= 11 is -2.14. The Labute approximate surface area is 204 Å². The summed E-state index contributed by atoms with van der Waals surface area (Å²) in [6.07, 6.45) is 2.80. The quantitative estimate of drug-likeness (QED) is 0.229. The van der Waals surface area contributed by atoms with E-state index in [-0.39, 0.29) is 10.8 Å². The van der Waals surface area contributed by atoms with Crippen molar-refractivity contribution in [3.05, 3.63) is 66.0 Å². The molecule has 172 valence electrons. The molecule has 1 aliphatic carbocycles. The first kappa shape index (κ1) is 21.8. The Morgan fingerprint density at radius 1 is 0.824 bits per heavy atom. The number of furan rings is 1. The van der Waals surface area contributed by atoms with E-state index in [4.69, 9.17) is 14.4 Å². The second kappa shape index (κ2) is 6.94. The molecule has 0 fully saturated rings. The molecule has 0 saturated carbocycles. The summed E-state index contributed by atoms with van der Waals surface area (Å²) in [7, 11) is 0. The number of aromatic nitrogens is 2. The minimum atomic E-state index is -2.14. The van der Waals surface area contributed by atoms with Gasteiger partial charge in [-0.2, -0.15) is 0 Å². The van der Waals surface area contributed by atoms with Crippen LogP contribution in [0.15, 0.2) is 59.3 Å². The Morgan fingerprint density at radius 2 is 1.59 bits per heavy atom. The maximum atomic E-state index is 6.74. The third-order valence-electron chi connectivity index (χ3n) is 7.65. The van der Waals surface area contributed by atoms with Crippen LogP contribution in [0.25, 0.3) is 44.1 Å². The summed E-state index contributed by atoms with van der Waals surface area (Å²) in [6.45, 7) is 9.36. The zero-order valence-corrected chi connectivity index (χ0v) is 23.3. The summed E-state index contributed by atoms with van der Waals surface area (Å²) in [5.74, 6) is 7.36. The van der Waals surface area contributed by atoms with E-state index in [0.29, 0.717) is 0 Å². The Bertz CT molecular complexity index is 1620. The average molecular weight is 509 g/mol. The zero-order valence-electron chi connectivity index (χ0n) is 21.2. The van der Waals surface area contributed by atoms with Crippen molar-refractivity contribution in [2.45, 2.75) is 62.2 Å². The average Bonchev–Trinajstić information content (AvgIpc) is 3.23. The molecule has 0 N–H and O–H groups in total. The number of benzene rings is 3. The Hall–Kier alpha value is -2.66. The van der Waals surface area contributed by atoms with E-state index in [1.807, 2.05) is 0 Å². The molecule has 4 heteroatoms. The van der Waals surface area contributed by atoms with Gasteiger partial charge in [-0.3, -0.25) is 0 Å². The monoisotopic (exact) mass is 510 g/mol. The Balaban J connectivity index is 1.68. The van der Waals surface area contributed by atoms with Gasteiger partial charge in [0.2, 0.25) is 0 Å². The van der Waals surface area contributed by atoms with E-state index in [2.05, 4.69) is 93.5 Å². The number of rotatable bonds is 2. The second-order valence-corrected chi connectivity index (χ2v) is 22.9. The van der Waals surface area contributed by atoms with Gasteiger partial charge in [0, 0.05) is 0 Å². The maximum absolute atomic E-state index is 6.74. The van der Waals surface area contributed by atoms with Crippen molar-refractivity contribution in [1.29, 1.82) is 0 Å². The van der Waals surface area contributed by atoms with Crippen LogP contribution in [0.4, 0.5) is 0 Å². The van der Waals surface area contributed by atoms with Gasteiger partial charge in [0.25, 0.3) is 0 Å². The molecule has 5 aromatic rings. The topological polar surface area (TPSA) is 38.9 Å². The predicted molar refractivity (Wildman–Crippen MR) is 146 cm³/mol. The van der Waals surface area contributed by atoms with Gasteiger partial charge in [-0.15, -0.1) is 0 Å². The van der Waals surface area contributed by atoms with Crippen LogP contribution in [0.2, 0.25) is 17.3 Å². The van der Waals surface area contributed by atoms with Gasteiger partial charge in [0.1, 0.15) is 0 Å². The molecule has 2 heterocycles. The van der Waals surface area contributed by atoms with Gasteiger partial charge < -0.3 is 0 Å². The summed E-state index contributed by atoms with van der Waals surface area (Å²) in [5.41, 5.74) is 7.63. The number of hydrogen-bond acceptors (Lipinski definition) is 3. The Morgan fingerprint density at radius 3 is 2.35 bits per heavy atom. The third kappa shape index (κ3) is 3.09. The van der Waals surface area contributed by atoms with Crippen LogP contribution in [0, 0.1) is 0 Å². The van der Waals surface area contributed by atoms with Crippen LogP contribution in [0.3, 0.4) is 0 Å². The van der Waals surface area contributed by atoms with Gasteiger partial charge in [-0.1, -0.05) is 0 Å². The van der Waals surface area contributed by atoms with E-state index in [1.165, 1.54) is 26.3 Å². The minimum absolute atomic E-state index is 0.0513. The molecule has 2 aromatic heterocycles. The molecule has 0 radical (unpaired) electrons. The van der Waals surface area contributed by atoms with E-state index in [0.717, 1.165) is 39.7 Å². The van der Waals surface area contributed by atoms with Crippen LogP contribution >= 0.6 is 0 Å². The van der Waals surface area contributed by atoms with Gasteiger partial charge in [-0.25, -0.2) is 0 Å². The zero-order chi connectivity index (χ0) is 24.0. The SMILES string of the molecule is CC1(C)CC(C)(C)c2c1ccc1c2oc2c(-c3c[c]([Ge]([CH3])([CH3])[CH3])c4ccccc4c3)ncnc21. The van der Waals surface area contributed by atoms with Crippen molar-refractivity contribution in [2.24, 2.45) is 0 Å². The summed E-state index contributed by atoms with van der Waals surface area (Å²) in [5, 5.41) is 3.73. The first-order chi connectivity index (χ1) is 16.0. The second-order valence-electron chi connectivity index (χ2n) is 12.3. The van der Waals surface area contributed by atoms with Gasteiger partial charge in [-0.05, 0) is 0 Å². The number of fused-ring (bicyclic) bond motifs is 6. The van der Waals surface area contributed by atoms with E-state index >= 15 is 0 Å². The molecule has 3 nitrogen and oxygen atoms in total. The molecule has 0 atom stereocenters. The molecule has 0 amide bonds. The fourth-order valence-corrected chi connectivity index (χ4v) is 9.84. The molecule has 0 aliphatic heterocycles. The van der Waals surface area contributed by atoms with E-state index < -0.39 is 13.3 Å². The van der Waals surface area contributed by atoms with Crippen molar-refractivity contribution >= 4 is 50.5 Å². The van der Waals surface area contributed by atoms with Crippen molar-refractivity contribution in [3.8, 4) is 11.3 Å². The van der Waals surface area contributed by atoms with Gasteiger partial charge in [0.05, 0.1) is 0 Å². The van der Waals surface area contributed by atoms with Crippen molar-refractivity contribution in [1.82, 2.24) is 9.97 Å². The van der Waals surface area contributed by atoms with Crippen molar-refractivity contribution in [3.63, 3.8) is 0 Å². The summed E-state index contributed by atoms with van der Waals surface area (Å²) in [6, 6.07) is 17.9. The molecule has 0 spiro atoms. The molecular formula is C30H32GeN2O. The fourth-order valence-electron chi connectivity index (χ4n) is 6.44. The van der Waals surface area contributed by atoms with Crippen molar-refractivity contribution in [2.75, 3.05) is 0 Å². The van der Waals surface area contributed by atoms with Crippen LogP contribution in [-0.4, -0.2) is 23.2 Å². The standard InChI is InChI=1S/C30H32GeN2O/c1-29(2)16-30(3,4)24-22(29)13-12-21-26-28(34-27(21)24)25(32-17-33-26)19-14-18-10-8-9-11-20(18)23(15-19)31(5,6)7/h8-15,17H,16H2,1-7H3. The molecule has 1 aliphatic rings. The molecule has 0 bridgehead atoms. The number of nitrogens with zero attached hydrogens (tertiary/aromatic N) is 2. The first-order valence-corrected chi connectivity index (χ1v) is 19.6. The van der Waals surface area contributed by atoms with Crippen molar-refractivity contribution < 1.29 is 4.42 Å². The normalized spacial score (nSPS) is 17.0. The summed E-state index contributed by atoms with van der Waals surface area (Å²) in [4.78, 5) is 9.48. The van der Waals surface area contributed by atoms with Crippen LogP contribution < -0.4 is 4.40 Å². The molecule has 0 unspecified atom stereocenters. The summed E-state index contributed by atoms with van der Waals surface area (Å²) < 4.78 is 8.24. The number of hydrogen-bond donors (Lipinski definition) is 0.